The summed E-state index contributed by atoms with van der Waals surface area (Å²) in [5, 5.41) is 3.40. The molecule has 1 aromatic rings. The maximum absolute atomic E-state index is 13.0. The third kappa shape index (κ3) is 3.03. The van der Waals surface area contributed by atoms with Crippen LogP contribution in [0.1, 0.15) is 18.4 Å². The fourth-order valence-electron chi connectivity index (χ4n) is 2.26. The van der Waals surface area contributed by atoms with Crippen LogP contribution in [0.4, 0.5) is 4.39 Å². The van der Waals surface area contributed by atoms with E-state index in [2.05, 4.69) is 17.3 Å². The summed E-state index contributed by atoms with van der Waals surface area (Å²) in [5.74, 6) is -0.146. The number of halogens is 1. The Kier molecular flexibility index (Phi) is 3.91. The number of piperidine rings is 1. The van der Waals surface area contributed by atoms with E-state index in [-0.39, 0.29) is 5.82 Å². The molecule has 0 amide bonds. The highest BCUT2D eigenvalue weighted by Crippen LogP contribution is 2.13. The maximum Gasteiger partial charge on any atom is 0.123 e. The van der Waals surface area contributed by atoms with Gasteiger partial charge in [0.15, 0.2) is 0 Å². The molecule has 1 atom stereocenters. The van der Waals surface area contributed by atoms with Crippen molar-refractivity contribution in [3.05, 3.63) is 35.6 Å². The minimum Gasteiger partial charge on any atom is -0.315 e. The van der Waals surface area contributed by atoms with Gasteiger partial charge in [-0.3, -0.25) is 4.90 Å². The van der Waals surface area contributed by atoms with E-state index in [0.717, 1.165) is 25.2 Å². The van der Waals surface area contributed by atoms with E-state index in [1.807, 2.05) is 6.07 Å². The van der Waals surface area contributed by atoms with Crippen LogP contribution >= 0.6 is 0 Å². The summed E-state index contributed by atoms with van der Waals surface area (Å²) in [4.78, 5) is 2.31. The van der Waals surface area contributed by atoms with Crippen molar-refractivity contribution in [2.24, 2.45) is 0 Å². The van der Waals surface area contributed by atoms with E-state index in [1.54, 1.807) is 12.1 Å². The van der Waals surface area contributed by atoms with Crippen LogP contribution in [0.5, 0.6) is 0 Å². The predicted molar refractivity (Wildman–Crippen MR) is 63.8 cm³/mol. The van der Waals surface area contributed by atoms with E-state index in [1.165, 1.54) is 18.9 Å². The van der Waals surface area contributed by atoms with Crippen molar-refractivity contribution in [3.8, 4) is 0 Å². The molecule has 0 aromatic heterocycles. The third-order valence-electron chi connectivity index (χ3n) is 3.22. The van der Waals surface area contributed by atoms with Crippen LogP contribution in [-0.4, -0.2) is 31.1 Å². The summed E-state index contributed by atoms with van der Waals surface area (Å²) in [5.41, 5.74) is 1.05. The van der Waals surface area contributed by atoms with Crippen molar-refractivity contribution in [2.75, 3.05) is 20.1 Å². The lowest BCUT2D eigenvalue weighted by Crippen LogP contribution is -2.43. The quantitative estimate of drug-likeness (QED) is 0.841. The van der Waals surface area contributed by atoms with Gasteiger partial charge in [-0.05, 0) is 44.1 Å². The maximum atomic E-state index is 13.0. The highest BCUT2D eigenvalue weighted by molar-refractivity contribution is 5.16. The highest BCUT2D eigenvalue weighted by Gasteiger charge is 2.17. The zero-order chi connectivity index (χ0) is 11.4. The van der Waals surface area contributed by atoms with E-state index in [0.29, 0.717) is 6.04 Å². The van der Waals surface area contributed by atoms with E-state index in [4.69, 9.17) is 0 Å². The molecule has 1 aliphatic rings. The molecule has 0 radical (unpaired) electrons. The van der Waals surface area contributed by atoms with E-state index >= 15 is 0 Å². The average Bonchev–Trinajstić information content (AvgIpc) is 2.30. The standard InChI is InChI=1S/C13H19FN2/c1-16(13-6-3-7-15-9-13)10-11-4-2-5-12(14)8-11/h2,4-5,8,13,15H,3,6-7,9-10H2,1H3/t13-/m1/s1. The van der Waals surface area contributed by atoms with Gasteiger partial charge in [-0.2, -0.15) is 0 Å². The average molecular weight is 222 g/mol. The summed E-state index contributed by atoms with van der Waals surface area (Å²) in [6.07, 6.45) is 2.47. The molecule has 1 aromatic carbocycles. The molecule has 1 aliphatic heterocycles. The number of nitrogens with zero attached hydrogens (tertiary/aromatic N) is 1. The second kappa shape index (κ2) is 5.41. The first kappa shape index (κ1) is 11.6. The van der Waals surface area contributed by atoms with Gasteiger partial charge in [0.1, 0.15) is 5.82 Å². The Morgan fingerprint density at radius 3 is 3.06 bits per heavy atom. The molecule has 0 aliphatic carbocycles. The lowest BCUT2D eigenvalue weighted by molar-refractivity contribution is 0.195. The Morgan fingerprint density at radius 1 is 1.50 bits per heavy atom. The zero-order valence-corrected chi connectivity index (χ0v) is 9.75. The fourth-order valence-corrected chi connectivity index (χ4v) is 2.26. The Labute approximate surface area is 96.5 Å². The topological polar surface area (TPSA) is 15.3 Å². The lowest BCUT2D eigenvalue weighted by atomic mass is 10.1. The SMILES string of the molecule is CN(Cc1cccc(F)c1)[C@@H]1CCCNC1. The molecule has 1 heterocycles. The lowest BCUT2D eigenvalue weighted by Gasteiger charge is -2.31. The number of rotatable bonds is 3. The number of hydrogen-bond donors (Lipinski definition) is 1. The minimum absolute atomic E-state index is 0.146. The first-order valence-electron chi connectivity index (χ1n) is 5.91. The molecular weight excluding hydrogens is 203 g/mol. The minimum atomic E-state index is -0.146. The monoisotopic (exact) mass is 222 g/mol. The van der Waals surface area contributed by atoms with Gasteiger partial charge in [-0.1, -0.05) is 12.1 Å². The smallest absolute Gasteiger partial charge is 0.123 e. The molecule has 1 saturated heterocycles. The fraction of sp³-hybridized carbons (Fsp3) is 0.538. The first-order valence-corrected chi connectivity index (χ1v) is 5.91. The molecule has 1 fully saturated rings. The van der Waals surface area contributed by atoms with E-state index in [9.17, 15) is 4.39 Å². The Morgan fingerprint density at radius 2 is 2.38 bits per heavy atom. The van der Waals surface area contributed by atoms with Crippen molar-refractivity contribution in [2.45, 2.75) is 25.4 Å². The molecule has 1 N–H and O–H groups in total. The molecule has 0 unspecified atom stereocenters. The first-order chi connectivity index (χ1) is 7.75. The summed E-state index contributed by atoms with van der Waals surface area (Å²) >= 11 is 0. The van der Waals surface area contributed by atoms with Crippen molar-refractivity contribution < 1.29 is 4.39 Å². The molecule has 2 nitrogen and oxygen atoms in total. The van der Waals surface area contributed by atoms with Crippen LogP contribution < -0.4 is 5.32 Å². The van der Waals surface area contributed by atoms with Crippen LogP contribution in [-0.2, 0) is 6.54 Å². The summed E-state index contributed by atoms with van der Waals surface area (Å²) in [6, 6.07) is 7.45. The number of benzene rings is 1. The normalized spacial score (nSPS) is 21.3. The van der Waals surface area contributed by atoms with Crippen LogP contribution in [0, 0.1) is 5.82 Å². The Bertz CT molecular complexity index is 334. The predicted octanol–water partition coefficient (Wildman–Crippen LogP) is 2.01. The van der Waals surface area contributed by atoms with Gasteiger partial charge in [0, 0.05) is 19.1 Å². The number of likely N-dealkylation sites (N-methyl/N-ethyl adjacent to an activating group) is 1. The molecule has 3 heteroatoms. The van der Waals surface area contributed by atoms with Gasteiger partial charge >= 0.3 is 0 Å². The van der Waals surface area contributed by atoms with Crippen molar-refractivity contribution in [3.63, 3.8) is 0 Å². The Hall–Kier alpha value is -0.930. The zero-order valence-electron chi connectivity index (χ0n) is 9.75. The third-order valence-corrected chi connectivity index (χ3v) is 3.22. The molecule has 88 valence electrons. The highest BCUT2D eigenvalue weighted by atomic mass is 19.1. The van der Waals surface area contributed by atoms with Crippen LogP contribution in [0.25, 0.3) is 0 Å². The Balaban J connectivity index is 1.93. The van der Waals surface area contributed by atoms with Crippen molar-refractivity contribution in [1.82, 2.24) is 10.2 Å². The molecule has 0 saturated carbocycles. The number of hydrogen-bond acceptors (Lipinski definition) is 2. The van der Waals surface area contributed by atoms with Gasteiger partial charge in [0.05, 0.1) is 0 Å². The second-order valence-electron chi connectivity index (χ2n) is 4.55. The largest absolute Gasteiger partial charge is 0.315 e. The van der Waals surface area contributed by atoms with E-state index < -0.39 is 0 Å². The molecule has 2 rings (SSSR count). The molecule has 0 bridgehead atoms. The molecular formula is C13H19FN2. The van der Waals surface area contributed by atoms with Gasteiger partial charge in [-0.25, -0.2) is 4.39 Å². The molecule has 0 spiro atoms. The van der Waals surface area contributed by atoms with Gasteiger partial charge in [0.25, 0.3) is 0 Å². The van der Waals surface area contributed by atoms with Crippen LogP contribution in [0.3, 0.4) is 0 Å². The summed E-state index contributed by atoms with van der Waals surface area (Å²) in [7, 11) is 2.11. The van der Waals surface area contributed by atoms with Crippen LogP contribution in [0.2, 0.25) is 0 Å². The van der Waals surface area contributed by atoms with Crippen LogP contribution in [0.15, 0.2) is 24.3 Å². The second-order valence-corrected chi connectivity index (χ2v) is 4.55. The molecule has 16 heavy (non-hydrogen) atoms. The van der Waals surface area contributed by atoms with Crippen molar-refractivity contribution >= 4 is 0 Å². The van der Waals surface area contributed by atoms with Gasteiger partial charge in [0.2, 0.25) is 0 Å². The van der Waals surface area contributed by atoms with Gasteiger partial charge < -0.3 is 5.32 Å². The number of nitrogens with one attached hydrogen (secondary N) is 1. The van der Waals surface area contributed by atoms with Crippen molar-refractivity contribution in [1.29, 1.82) is 0 Å². The summed E-state index contributed by atoms with van der Waals surface area (Å²) < 4.78 is 13.0. The summed E-state index contributed by atoms with van der Waals surface area (Å²) in [6.45, 7) is 3.00. The van der Waals surface area contributed by atoms with Gasteiger partial charge in [-0.15, -0.1) is 0 Å².